The molecule has 2 aliphatic rings. The van der Waals surface area contributed by atoms with Crippen LogP contribution in [0, 0.1) is 11.8 Å². The minimum absolute atomic E-state index is 0.132. The van der Waals surface area contributed by atoms with Crippen molar-refractivity contribution in [3.05, 3.63) is 0 Å². The number of guanidine groups is 1. The zero-order chi connectivity index (χ0) is 18.3. The summed E-state index contributed by atoms with van der Waals surface area (Å²) in [5, 5.41) is 6.43. The van der Waals surface area contributed by atoms with Crippen LogP contribution < -0.4 is 10.6 Å². The molecule has 1 aliphatic heterocycles. The molecule has 1 saturated carbocycles. The van der Waals surface area contributed by atoms with E-state index < -0.39 is 12.1 Å². The van der Waals surface area contributed by atoms with Gasteiger partial charge in [-0.2, -0.15) is 13.2 Å². The summed E-state index contributed by atoms with van der Waals surface area (Å²) in [6, 6.07) is -0.166. The highest BCUT2D eigenvalue weighted by atomic mass is 19.4. The maximum Gasteiger partial charge on any atom is 0.391 e. The normalized spacial score (nSPS) is 27.8. The van der Waals surface area contributed by atoms with E-state index in [4.69, 9.17) is 4.74 Å². The fourth-order valence-electron chi connectivity index (χ4n) is 3.57. The number of hydrogen-bond donors (Lipinski definition) is 2. The molecule has 3 atom stereocenters. The largest absolute Gasteiger partial charge is 0.391 e. The van der Waals surface area contributed by atoms with E-state index in [1.165, 1.54) is 0 Å². The van der Waals surface area contributed by atoms with Crippen LogP contribution in [0.15, 0.2) is 4.99 Å². The van der Waals surface area contributed by atoms with Crippen LogP contribution in [0.3, 0.4) is 0 Å². The van der Waals surface area contributed by atoms with Gasteiger partial charge in [-0.3, -0.25) is 9.89 Å². The van der Waals surface area contributed by atoms with Crippen LogP contribution >= 0.6 is 0 Å². The average molecular weight is 364 g/mol. The summed E-state index contributed by atoms with van der Waals surface area (Å²) in [5.41, 5.74) is 0. The van der Waals surface area contributed by atoms with E-state index in [-0.39, 0.29) is 18.9 Å². The van der Waals surface area contributed by atoms with Crippen molar-refractivity contribution in [1.29, 1.82) is 0 Å². The summed E-state index contributed by atoms with van der Waals surface area (Å²) in [6.45, 7) is 7.36. The highest BCUT2D eigenvalue weighted by Crippen LogP contribution is 2.37. The Labute approximate surface area is 148 Å². The first-order valence-corrected chi connectivity index (χ1v) is 9.22. The van der Waals surface area contributed by atoms with Gasteiger partial charge in [0.2, 0.25) is 0 Å². The average Bonchev–Trinajstić information content (AvgIpc) is 2.59. The molecule has 2 rings (SSSR count). The van der Waals surface area contributed by atoms with Crippen molar-refractivity contribution in [2.24, 2.45) is 16.8 Å². The lowest BCUT2D eigenvalue weighted by molar-refractivity contribution is -0.183. The van der Waals surface area contributed by atoms with Gasteiger partial charge in [-0.25, -0.2) is 0 Å². The second-order valence-corrected chi connectivity index (χ2v) is 7.22. The Morgan fingerprint density at radius 2 is 2.00 bits per heavy atom. The van der Waals surface area contributed by atoms with Gasteiger partial charge >= 0.3 is 6.18 Å². The summed E-state index contributed by atoms with van der Waals surface area (Å²) >= 11 is 0. The Balaban J connectivity index is 1.72. The Kier molecular flexibility index (Phi) is 7.81. The molecule has 2 fully saturated rings. The fourth-order valence-corrected chi connectivity index (χ4v) is 3.57. The van der Waals surface area contributed by atoms with E-state index in [1.807, 2.05) is 0 Å². The summed E-state index contributed by atoms with van der Waals surface area (Å²) in [7, 11) is 1.66. The fraction of sp³-hybridized carbons (Fsp3) is 0.941. The Hall–Kier alpha value is -1.02. The molecular formula is C17H31F3N4O. The molecule has 3 unspecified atom stereocenters. The summed E-state index contributed by atoms with van der Waals surface area (Å²) in [5.74, 6) is -0.176. The van der Waals surface area contributed by atoms with Crippen LogP contribution in [0.1, 0.15) is 32.6 Å². The first-order chi connectivity index (χ1) is 11.9. The number of alkyl halides is 3. The third-order valence-electron chi connectivity index (χ3n) is 4.99. The Morgan fingerprint density at radius 3 is 2.64 bits per heavy atom. The first kappa shape index (κ1) is 20.3. The lowest BCUT2D eigenvalue weighted by Crippen LogP contribution is -2.48. The minimum atomic E-state index is -4.09. The second kappa shape index (κ2) is 9.62. The lowest BCUT2D eigenvalue weighted by atomic mass is 9.85. The molecular weight excluding hydrogens is 333 g/mol. The van der Waals surface area contributed by atoms with Gasteiger partial charge in [-0.15, -0.1) is 0 Å². The van der Waals surface area contributed by atoms with E-state index in [2.05, 4.69) is 27.4 Å². The predicted molar refractivity (Wildman–Crippen MR) is 92.7 cm³/mol. The molecule has 0 aromatic carbocycles. The monoisotopic (exact) mass is 364 g/mol. The molecule has 1 aliphatic carbocycles. The summed E-state index contributed by atoms with van der Waals surface area (Å²) in [4.78, 5) is 6.54. The topological polar surface area (TPSA) is 48.9 Å². The molecule has 0 spiro atoms. The Bertz CT molecular complexity index is 425. The molecule has 1 saturated heterocycles. The molecule has 8 heteroatoms. The zero-order valence-corrected chi connectivity index (χ0v) is 15.2. The molecule has 0 amide bonds. The number of nitrogens with zero attached hydrogens (tertiary/aromatic N) is 2. The molecule has 0 aromatic heterocycles. The lowest BCUT2D eigenvalue weighted by Gasteiger charge is -2.32. The van der Waals surface area contributed by atoms with Crippen molar-refractivity contribution in [3.63, 3.8) is 0 Å². The maximum absolute atomic E-state index is 12.9. The van der Waals surface area contributed by atoms with Crippen LogP contribution in [0.2, 0.25) is 0 Å². The van der Waals surface area contributed by atoms with Crippen LogP contribution in [-0.4, -0.2) is 69.5 Å². The van der Waals surface area contributed by atoms with Crippen LogP contribution in [0.4, 0.5) is 13.2 Å². The third kappa shape index (κ3) is 7.01. The number of rotatable bonds is 5. The van der Waals surface area contributed by atoms with Gasteiger partial charge in [0.05, 0.1) is 19.1 Å². The van der Waals surface area contributed by atoms with Gasteiger partial charge in [0.15, 0.2) is 5.96 Å². The van der Waals surface area contributed by atoms with E-state index >= 15 is 0 Å². The molecule has 0 bridgehead atoms. The van der Waals surface area contributed by atoms with Gasteiger partial charge < -0.3 is 15.4 Å². The van der Waals surface area contributed by atoms with E-state index in [0.717, 1.165) is 45.8 Å². The first-order valence-electron chi connectivity index (χ1n) is 9.22. The van der Waals surface area contributed by atoms with Crippen molar-refractivity contribution < 1.29 is 17.9 Å². The molecule has 1 heterocycles. The van der Waals surface area contributed by atoms with E-state index in [0.29, 0.717) is 18.3 Å². The van der Waals surface area contributed by atoms with Crippen molar-refractivity contribution >= 4 is 5.96 Å². The van der Waals surface area contributed by atoms with Crippen LogP contribution in [0.25, 0.3) is 0 Å². The summed E-state index contributed by atoms with van der Waals surface area (Å²) in [6.07, 6.45) is -2.36. The van der Waals surface area contributed by atoms with E-state index in [9.17, 15) is 13.2 Å². The molecule has 2 N–H and O–H groups in total. The molecule has 25 heavy (non-hydrogen) atoms. The van der Waals surface area contributed by atoms with Gasteiger partial charge in [-0.1, -0.05) is 13.3 Å². The smallest absolute Gasteiger partial charge is 0.379 e. The molecule has 146 valence electrons. The zero-order valence-electron chi connectivity index (χ0n) is 15.2. The Morgan fingerprint density at radius 1 is 1.28 bits per heavy atom. The number of nitrogens with one attached hydrogen (secondary N) is 2. The standard InChI is InChI=1S/C17H31F3N4O/c1-13(12-24-6-8-25-9-7-24)11-22-16(21-2)23-15-5-3-4-14(10-15)17(18,19)20/h13-15H,3-12H2,1-2H3,(H2,21,22,23). The number of aliphatic imine (C=N–C) groups is 1. The third-order valence-corrected chi connectivity index (χ3v) is 4.99. The van der Waals surface area contributed by atoms with Gasteiger partial charge in [0.1, 0.15) is 0 Å². The van der Waals surface area contributed by atoms with Gasteiger partial charge in [0, 0.05) is 39.3 Å². The van der Waals surface area contributed by atoms with Gasteiger partial charge in [-0.05, 0) is 25.2 Å². The number of morpholine rings is 1. The molecule has 0 radical (unpaired) electrons. The van der Waals surface area contributed by atoms with Crippen LogP contribution in [-0.2, 0) is 4.74 Å². The van der Waals surface area contributed by atoms with Crippen molar-refractivity contribution in [2.75, 3.05) is 46.4 Å². The number of halogens is 3. The summed E-state index contributed by atoms with van der Waals surface area (Å²) < 4.78 is 44.1. The number of ether oxygens (including phenoxy) is 1. The number of hydrogen-bond acceptors (Lipinski definition) is 3. The predicted octanol–water partition coefficient (Wildman–Crippen LogP) is 2.24. The maximum atomic E-state index is 12.9. The van der Waals surface area contributed by atoms with Crippen molar-refractivity contribution in [1.82, 2.24) is 15.5 Å². The van der Waals surface area contributed by atoms with E-state index in [1.54, 1.807) is 7.05 Å². The quantitative estimate of drug-likeness (QED) is 0.580. The van der Waals surface area contributed by atoms with Crippen molar-refractivity contribution in [3.8, 4) is 0 Å². The molecule has 0 aromatic rings. The minimum Gasteiger partial charge on any atom is -0.379 e. The second-order valence-electron chi connectivity index (χ2n) is 7.22. The highest BCUT2D eigenvalue weighted by Gasteiger charge is 2.42. The van der Waals surface area contributed by atoms with Crippen LogP contribution in [0.5, 0.6) is 0 Å². The highest BCUT2D eigenvalue weighted by molar-refractivity contribution is 5.79. The SMILES string of the molecule is CN=C(NCC(C)CN1CCOCC1)NC1CCCC(C(F)(F)F)C1. The van der Waals surface area contributed by atoms with Gasteiger partial charge in [0.25, 0.3) is 0 Å². The molecule has 5 nitrogen and oxygen atoms in total. The van der Waals surface area contributed by atoms with Crippen molar-refractivity contribution in [2.45, 2.75) is 44.8 Å².